The van der Waals surface area contributed by atoms with Gasteiger partial charge in [0.1, 0.15) is 5.54 Å². The molecule has 0 saturated carbocycles. The van der Waals surface area contributed by atoms with Crippen molar-refractivity contribution in [2.24, 2.45) is 10.9 Å². The molecule has 0 heterocycles. The summed E-state index contributed by atoms with van der Waals surface area (Å²) in [5.41, 5.74) is 4.19. The van der Waals surface area contributed by atoms with Crippen molar-refractivity contribution < 1.29 is 14.1 Å². The van der Waals surface area contributed by atoms with E-state index in [9.17, 15) is 9.00 Å². The van der Waals surface area contributed by atoms with Gasteiger partial charge in [-0.25, -0.2) is 0 Å². The molecule has 13 heavy (non-hydrogen) atoms. The van der Waals surface area contributed by atoms with Crippen molar-refractivity contribution in [3.05, 3.63) is 0 Å². The summed E-state index contributed by atoms with van der Waals surface area (Å²) in [7, 11) is -2.52. The van der Waals surface area contributed by atoms with Crippen LogP contribution in [0.2, 0.25) is 0 Å². The molecule has 0 aromatic carbocycles. The second-order valence-electron chi connectivity index (χ2n) is 3.15. The summed E-state index contributed by atoms with van der Waals surface area (Å²) in [6, 6.07) is 0. The Hall–Kier alpha value is -0.590. The molecule has 0 saturated heterocycles. The van der Waals surface area contributed by atoms with Crippen molar-refractivity contribution >= 4 is 21.0 Å². The highest BCUT2D eigenvalue weighted by molar-refractivity contribution is 7.98. The zero-order valence-electron chi connectivity index (χ0n) is 7.82. The third-order valence-corrected chi connectivity index (χ3v) is 2.66. The minimum absolute atomic E-state index is 0.0185. The molecule has 0 amide bonds. The number of carbonyl (C=O) groups is 1. The lowest BCUT2D eigenvalue weighted by molar-refractivity contribution is -0.143. The van der Waals surface area contributed by atoms with Crippen molar-refractivity contribution in [1.29, 1.82) is 0 Å². The number of carboxylic acid groups (broad SMARTS) is 1. The molecule has 0 aliphatic rings. The van der Waals surface area contributed by atoms with Crippen LogP contribution in [0.25, 0.3) is 0 Å². The van der Waals surface area contributed by atoms with Crippen molar-refractivity contribution in [3.63, 3.8) is 0 Å². The van der Waals surface area contributed by atoms with Gasteiger partial charge in [-0.3, -0.25) is 14.1 Å². The molecule has 0 fully saturated rings. The number of aliphatic carboxylic acids is 1. The Morgan fingerprint density at radius 1 is 1.69 bits per heavy atom. The molecule has 0 bridgehead atoms. The van der Waals surface area contributed by atoms with E-state index in [1.807, 2.05) is 0 Å². The summed E-state index contributed by atoms with van der Waals surface area (Å²) in [5.74, 6) is -1.10. The van der Waals surface area contributed by atoms with Crippen LogP contribution in [0.5, 0.6) is 0 Å². The molecule has 6 heteroatoms. The van der Waals surface area contributed by atoms with Gasteiger partial charge in [0.2, 0.25) is 0 Å². The SMILES string of the molecule is CC[C@](N)(CC=S(C)(N)=O)C(=O)O. The van der Waals surface area contributed by atoms with E-state index in [2.05, 4.69) is 0 Å². The smallest absolute Gasteiger partial charge is 0.324 e. The van der Waals surface area contributed by atoms with Gasteiger partial charge in [0, 0.05) is 22.4 Å². The Bertz CT molecular complexity index is 299. The van der Waals surface area contributed by atoms with Gasteiger partial charge in [0.05, 0.1) is 0 Å². The first-order valence-electron chi connectivity index (χ1n) is 3.84. The third kappa shape index (κ3) is 4.25. The van der Waals surface area contributed by atoms with Gasteiger partial charge in [-0.05, 0) is 11.8 Å². The zero-order valence-corrected chi connectivity index (χ0v) is 8.63. The van der Waals surface area contributed by atoms with Crippen molar-refractivity contribution in [3.8, 4) is 0 Å². The first-order valence-corrected chi connectivity index (χ1v) is 5.93. The molecule has 0 aromatic heterocycles. The van der Waals surface area contributed by atoms with Crippen LogP contribution >= 0.6 is 0 Å². The molecule has 78 valence electrons. The van der Waals surface area contributed by atoms with Crippen molar-refractivity contribution in [2.75, 3.05) is 6.26 Å². The van der Waals surface area contributed by atoms with Crippen LogP contribution in [0, 0.1) is 0 Å². The largest absolute Gasteiger partial charge is 0.480 e. The molecule has 0 spiro atoms. The van der Waals surface area contributed by atoms with Gasteiger partial charge in [0.25, 0.3) is 0 Å². The molecule has 2 atom stereocenters. The molecule has 5 nitrogen and oxygen atoms in total. The topological polar surface area (TPSA) is 106 Å². The molecular formula is C7H16N2O3S. The minimum atomic E-state index is -2.52. The summed E-state index contributed by atoms with van der Waals surface area (Å²) in [5, 5.41) is 15.2. The first-order chi connectivity index (χ1) is 5.71. The summed E-state index contributed by atoms with van der Waals surface area (Å²) >= 11 is 0. The summed E-state index contributed by atoms with van der Waals surface area (Å²) in [4.78, 5) is 10.7. The van der Waals surface area contributed by atoms with E-state index in [0.29, 0.717) is 0 Å². The quantitative estimate of drug-likeness (QED) is 0.523. The van der Waals surface area contributed by atoms with E-state index in [1.165, 1.54) is 11.6 Å². The fraction of sp³-hybridized carbons (Fsp3) is 0.714. The third-order valence-electron chi connectivity index (χ3n) is 1.84. The Kier molecular flexibility index (Phi) is 3.89. The van der Waals surface area contributed by atoms with Crippen LogP contribution in [0.4, 0.5) is 0 Å². The lowest BCUT2D eigenvalue weighted by Gasteiger charge is -2.20. The monoisotopic (exact) mass is 208 g/mol. The molecule has 1 unspecified atom stereocenters. The number of nitrogens with two attached hydrogens (primary N) is 2. The average molecular weight is 208 g/mol. The second kappa shape index (κ2) is 4.08. The molecule has 5 N–H and O–H groups in total. The molecule has 0 aromatic rings. The molecule has 0 aliphatic carbocycles. The van der Waals surface area contributed by atoms with Gasteiger partial charge >= 0.3 is 5.97 Å². The Morgan fingerprint density at radius 2 is 2.15 bits per heavy atom. The first kappa shape index (κ1) is 12.4. The highest BCUT2D eigenvalue weighted by Crippen LogP contribution is 2.10. The number of hydrogen-bond acceptors (Lipinski definition) is 3. The standard InChI is InChI=1S/C7H16N2O3S/c1-3-7(8,6(10)11)4-5-13(2,9)12/h5H,3-4,8H2,1-2H3,(H2,9,12)(H,10,11)/t7-,13?/m0/s1. The van der Waals surface area contributed by atoms with Crippen LogP contribution in [0.1, 0.15) is 19.8 Å². The van der Waals surface area contributed by atoms with Crippen LogP contribution in [0.3, 0.4) is 0 Å². The Balaban J connectivity index is 4.68. The fourth-order valence-electron chi connectivity index (χ4n) is 0.697. The van der Waals surface area contributed by atoms with Crippen LogP contribution in [-0.2, 0) is 14.5 Å². The predicted octanol–water partition coefficient (Wildman–Crippen LogP) is -0.841. The van der Waals surface area contributed by atoms with Gasteiger partial charge in [-0.1, -0.05) is 6.92 Å². The van der Waals surface area contributed by atoms with Crippen molar-refractivity contribution in [2.45, 2.75) is 25.3 Å². The van der Waals surface area contributed by atoms with Gasteiger partial charge < -0.3 is 10.8 Å². The summed E-state index contributed by atoms with van der Waals surface area (Å²) < 4.78 is 11.0. The van der Waals surface area contributed by atoms with E-state index >= 15 is 0 Å². The molecule has 0 radical (unpaired) electrons. The normalized spacial score (nSPS) is 20.0. The van der Waals surface area contributed by atoms with E-state index in [-0.39, 0.29) is 12.8 Å². The minimum Gasteiger partial charge on any atom is -0.480 e. The van der Waals surface area contributed by atoms with E-state index in [4.69, 9.17) is 16.0 Å². The Labute approximate surface area is 78.2 Å². The van der Waals surface area contributed by atoms with Crippen molar-refractivity contribution in [1.82, 2.24) is 0 Å². The number of hydrogen-bond donors (Lipinski definition) is 3. The maximum atomic E-state index is 11.0. The van der Waals surface area contributed by atoms with E-state index < -0.39 is 21.2 Å². The zero-order chi connectivity index (χ0) is 10.7. The van der Waals surface area contributed by atoms with Gasteiger partial charge in [-0.15, -0.1) is 0 Å². The summed E-state index contributed by atoms with van der Waals surface area (Å²) in [6.07, 6.45) is 1.63. The maximum absolute atomic E-state index is 11.0. The number of rotatable bonds is 4. The molecule has 0 aliphatic heterocycles. The molecular weight excluding hydrogens is 192 g/mol. The lowest BCUT2D eigenvalue weighted by atomic mass is 9.95. The lowest BCUT2D eigenvalue weighted by Crippen LogP contribution is -2.48. The van der Waals surface area contributed by atoms with Crippen LogP contribution in [0.15, 0.2) is 0 Å². The Morgan fingerprint density at radius 3 is 2.38 bits per heavy atom. The van der Waals surface area contributed by atoms with Crippen LogP contribution in [-0.4, -0.2) is 32.4 Å². The van der Waals surface area contributed by atoms with Crippen LogP contribution < -0.4 is 10.9 Å². The predicted molar refractivity (Wildman–Crippen MR) is 53.8 cm³/mol. The number of carboxylic acids is 1. The molecule has 0 rings (SSSR count). The maximum Gasteiger partial charge on any atom is 0.324 e. The highest BCUT2D eigenvalue weighted by Gasteiger charge is 2.30. The van der Waals surface area contributed by atoms with E-state index in [0.717, 1.165) is 0 Å². The fourth-order valence-corrected chi connectivity index (χ4v) is 1.33. The average Bonchev–Trinajstić information content (AvgIpc) is 1.98. The van der Waals surface area contributed by atoms with Gasteiger partial charge in [0.15, 0.2) is 0 Å². The summed E-state index contributed by atoms with van der Waals surface area (Å²) in [6.45, 7) is 1.66. The van der Waals surface area contributed by atoms with E-state index in [1.54, 1.807) is 6.92 Å². The highest BCUT2D eigenvalue weighted by atomic mass is 32.2. The van der Waals surface area contributed by atoms with Gasteiger partial charge in [-0.2, -0.15) is 0 Å². The second-order valence-corrected chi connectivity index (χ2v) is 5.42.